The van der Waals surface area contributed by atoms with Crippen molar-refractivity contribution in [1.82, 2.24) is 24.7 Å². The van der Waals surface area contributed by atoms with Crippen molar-refractivity contribution < 1.29 is 0 Å². The van der Waals surface area contributed by atoms with E-state index in [2.05, 4.69) is 20.1 Å². The molecule has 0 aromatic carbocycles. The highest BCUT2D eigenvalue weighted by Crippen LogP contribution is 2.08. The van der Waals surface area contributed by atoms with Crippen LogP contribution in [0.25, 0.3) is 5.95 Å². The minimum Gasteiger partial charge on any atom is -0.216 e. The summed E-state index contributed by atoms with van der Waals surface area (Å²) in [5.74, 6) is 1.98. The number of nitriles is 1. The molecule has 6 nitrogen and oxygen atoms in total. The van der Waals surface area contributed by atoms with Crippen LogP contribution >= 0.6 is 0 Å². The number of aryl methyl sites for hydroxylation is 3. The molecule has 92 valence electrons. The van der Waals surface area contributed by atoms with E-state index in [-0.39, 0.29) is 0 Å². The number of hydrogen-bond donors (Lipinski definition) is 0. The Hall–Kier alpha value is -2.29. The molecule has 0 atom stereocenters. The van der Waals surface area contributed by atoms with Crippen LogP contribution in [0, 0.1) is 18.3 Å². The lowest BCUT2D eigenvalue weighted by atomic mass is 10.3. The maximum Gasteiger partial charge on any atom is 0.253 e. The lowest BCUT2D eigenvalue weighted by Gasteiger charge is -2.03. The third kappa shape index (κ3) is 2.20. The van der Waals surface area contributed by atoms with Crippen molar-refractivity contribution in [2.75, 3.05) is 0 Å². The van der Waals surface area contributed by atoms with Crippen LogP contribution in [0.15, 0.2) is 6.07 Å². The van der Waals surface area contributed by atoms with E-state index in [0.29, 0.717) is 11.6 Å². The van der Waals surface area contributed by atoms with Gasteiger partial charge in [-0.1, -0.05) is 13.8 Å². The highest BCUT2D eigenvalue weighted by Gasteiger charge is 2.12. The first kappa shape index (κ1) is 12.2. The first-order valence-electron chi connectivity index (χ1n) is 5.88. The van der Waals surface area contributed by atoms with Gasteiger partial charge in [-0.15, -0.1) is 5.10 Å². The Kier molecular flexibility index (Phi) is 3.33. The molecule has 0 saturated heterocycles. The molecule has 2 rings (SSSR count). The summed E-state index contributed by atoms with van der Waals surface area (Å²) in [6, 6.07) is 3.67. The topological polar surface area (TPSA) is 80.3 Å². The van der Waals surface area contributed by atoms with Gasteiger partial charge in [0.1, 0.15) is 17.6 Å². The third-order valence-corrected chi connectivity index (χ3v) is 2.50. The first-order valence-corrected chi connectivity index (χ1v) is 5.88. The summed E-state index contributed by atoms with van der Waals surface area (Å²) in [7, 11) is 0. The van der Waals surface area contributed by atoms with E-state index in [1.165, 1.54) is 0 Å². The minimum absolute atomic E-state index is 0.341. The molecule has 0 radical (unpaired) electrons. The molecule has 0 spiro atoms. The van der Waals surface area contributed by atoms with E-state index in [4.69, 9.17) is 5.26 Å². The summed E-state index contributed by atoms with van der Waals surface area (Å²) in [6.07, 6.45) is 1.50. The molecule has 0 saturated carbocycles. The maximum atomic E-state index is 8.93. The number of aromatic nitrogens is 5. The van der Waals surface area contributed by atoms with Gasteiger partial charge >= 0.3 is 0 Å². The summed E-state index contributed by atoms with van der Waals surface area (Å²) in [4.78, 5) is 12.9. The molecule has 0 fully saturated rings. The van der Waals surface area contributed by atoms with Crippen molar-refractivity contribution in [2.45, 2.75) is 33.6 Å². The second-order valence-electron chi connectivity index (χ2n) is 3.87. The van der Waals surface area contributed by atoms with Gasteiger partial charge in [0.05, 0.1) is 0 Å². The summed E-state index contributed by atoms with van der Waals surface area (Å²) in [5.41, 5.74) is 1.08. The molecule has 0 N–H and O–H groups in total. The van der Waals surface area contributed by atoms with Gasteiger partial charge in [0.15, 0.2) is 5.82 Å². The molecule has 18 heavy (non-hydrogen) atoms. The Labute approximate surface area is 105 Å². The molecule has 6 heteroatoms. The number of nitrogens with zero attached hydrogens (tertiary/aromatic N) is 6. The van der Waals surface area contributed by atoms with E-state index in [1.807, 2.05) is 26.8 Å². The van der Waals surface area contributed by atoms with Gasteiger partial charge in [-0.2, -0.15) is 9.94 Å². The minimum atomic E-state index is 0.341. The second kappa shape index (κ2) is 4.92. The van der Waals surface area contributed by atoms with E-state index in [1.54, 1.807) is 10.7 Å². The zero-order chi connectivity index (χ0) is 13.1. The lowest BCUT2D eigenvalue weighted by molar-refractivity contribution is 0.737. The average molecular weight is 242 g/mol. The van der Waals surface area contributed by atoms with Crippen LogP contribution < -0.4 is 0 Å². The first-order chi connectivity index (χ1) is 8.67. The summed E-state index contributed by atoms with van der Waals surface area (Å²) < 4.78 is 1.62. The molecule has 0 aliphatic carbocycles. The van der Waals surface area contributed by atoms with E-state index >= 15 is 0 Å². The Balaban J connectivity index is 2.57. The summed E-state index contributed by atoms with van der Waals surface area (Å²) >= 11 is 0. The number of rotatable bonds is 3. The zero-order valence-electron chi connectivity index (χ0n) is 10.7. The molecular weight excluding hydrogens is 228 g/mol. The SMILES string of the molecule is CCc1nc(CC)n(-c2nc(C)cc(C#N)n2)n1. The van der Waals surface area contributed by atoms with Crippen molar-refractivity contribution in [3.63, 3.8) is 0 Å². The van der Waals surface area contributed by atoms with Crippen LogP contribution in [0.1, 0.15) is 36.9 Å². The summed E-state index contributed by atoms with van der Waals surface area (Å²) in [5, 5.41) is 13.3. The Bertz CT molecular complexity index is 608. The Morgan fingerprint density at radius 1 is 1.22 bits per heavy atom. The fraction of sp³-hybridized carbons (Fsp3) is 0.417. The predicted molar refractivity (Wildman–Crippen MR) is 65.2 cm³/mol. The standard InChI is InChI=1S/C12H14N6/c1-4-10-16-11(5-2)18(17-10)12-14-8(3)6-9(7-13)15-12/h6H,4-5H2,1-3H3. The third-order valence-electron chi connectivity index (χ3n) is 2.50. The van der Waals surface area contributed by atoms with Crippen LogP contribution in [0.4, 0.5) is 0 Å². The van der Waals surface area contributed by atoms with Gasteiger partial charge in [-0.25, -0.2) is 15.0 Å². The van der Waals surface area contributed by atoms with E-state index in [0.717, 1.165) is 30.2 Å². The average Bonchev–Trinajstić information content (AvgIpc) is 2.81. The molecule has 0 bridgehead atoms. The monoisotopic (exact) mass is 242 g/mol. The Morgan fingerprint density at radius 2 is 2.00 bits per heavy atom. The largest absolute Gasteiger partial charge is 0.253 e. The lowest BCUT2D eigenvalue weighted by Crippen LogP contribution is -2.09. The van der Waals surface area contributed by atoms with Crippen LogP contribution in [-0.2, 0) is 12.8 Å². The Morgan fingerprint density at radius 3 is 2.61 bits per heavy atom. The van der Waals surface area contributed by atoms with Crippen LogP contribution in [0.2, 0.25) is 0 Å². The fourth-order valence-corrected chi connectivity index (χ4v) is 1.64. The maximum absolute atomic E-state index is 8.93. The van der Waals surface area contributed by atoms with Crippen molar-refractivity contribution in [3.05, 3.63) is 29.1 Å². The highest BCUT2D eigenvalue weighted by molar-refractivity contribution is 5.27. The zero-order valence-corrected chi connectivity index (χ0v) is 10.7. The molecule has 0 amide bonds. The molecule has 0 aliphatic heterocycles. The van der Waals surface area contributed by atoms with Gasteiger partial charge in [-0.3, -0.25) is 0 Å². The summed E-state index contributed by atoms with van der Waals surface area (Å²) in [6.45, 7) is 5.83. The molecule has 0 aliphatic rings. The molecule has 2 heterocycles. The van der Waals surface area contributed by atoms with Crippen LogP contribution in [0.3, 0.4) is 0 Å². The van der Waals surface area contributed by atoms with Crippen LogP contribution in [0.5, 0.6) is 0 Å². The van der Waals surface area contributed by atoms with Gasteiger partial charge < -0.3 is 0 Å². The molecular formula is C12H14N6. The van der Waals surface area contributed by atoms with Crippen molar-refractivity contribution in [3.8, 4) is 12.0 Å². The van der Waals surface area contributed by atoms with Crippen molar-refractivity contribution in [1.29, 1.82) is 5.26 Å². The smallest absolute Gasteiger partial charge is 0.216 e. The fourth-order valence-electron chi connectivity index (χ4n) is 1.64. The normalized spacial score (nSPS) is 10.3. The highest BCUT2D eigenvalue weighted by atomic mass is 15.4. The predicted octanol–water partition coefficient (Wildman–Crippen LogP) is 1.36. The second-order valence-corrected chi connectivity index (χ2v) is 3.87. The van der Waals surface area contributed by atoms with Gasteiger partial charge in [0, 0.05) is 18.5 Å². The van der Waals surface area contributed by atoms with E-state index in [9.17, 15) is 0 Å². The van der Waals surface area contributed by atoms with E-state index < -0.39 is 0 Å². The number of hydrogen-bond acceptors (Lipinski definition) is 5. The van der Waals surface area contributed by atoms with Gasteiger partial charge in [-0.05, 0) is 13.0 Å². The quantitative estimate of drug-likeness (QED) is 0.811. The van der Waals surface area contributed by atoms with Crippen molar-refractivity contribution in [2.24, 2.45) is 0 Å². The van der Waals surface area contributed by atoms with Crippen molar-refractivity contribution >= 4 is 0 Å². The van der Waals surface area contributed by atoms with Gasteiger partial charge in [0.25, 0.3) is 5.95 Å². The van der Waals surface area contributed by atoms with Gasteiger partial charge in [0.2, 0.25) is 0 Å². The molecule has 2 aromatic heterocycles. The molecule has 2 aromatic rings. The molecule has 0 unspecified atom stereocenters. The van der Waals surface area contributed by atoms with Crippen LogP contribution in [-0.4, -0.2) is 24.7 Å².